The van der Waals surface area contributed by atoms with E-state index < -0.39 is 5.91 Å². The van der Waals surface area contributed by atoms with E-state index in [2.05, 4.69) is 11.9 Å². The van der Waals surface area contributed by atoms with Crippen molar-refractivity contribution in [3.05, 3.63) is 29.0 Å². The molecular weight excluding hydrogens is 226 g/mol. The number of aryl methyl sites for hydroxylation is 1. The highest BCUT2D eigenvalue weighted by molar-refractivity contribution is 6.34. The number of nitrogens with two attached hydrogens (primary N) is 1. The zero-order valence-electron chi connectivity index (χ0n) is 8.90. The molecule has 2 N–H and O–H groups in total. The van der Waals surface area contributed by atoms with E-state index in [1.807, 2.05) is 4.57 Å². The molecular formula is C11H12ClN3O. The first-order valence-corrected chi connectivity index (χ1v) is 5.45. The van der Waals surface area contributed by atoms with Crippen molar-refractivity contribution in [2.75, 3.05) is 0 Å². The summed E-state index contributed by atoms with van der Waals surface area (Å²) in [6.45, 7) is 2.97. The quantitative estimate of drug-likeness (QED) is 0.890. The maximum absolute atomic E-state index is 11.1. The van der Waals surface area contributed by atoms with E-state index in [9.17, 15) is 4.79 Å². The van der Waals surface area contributed by atoms with Crippen LogP contribution < -0.4 is 5.73 Å². The summed E-state index contributed by atoms with van der Waals surface area (Å²) in [6, 6.07) is 3.37. The molecule has 0 unspecified atom stereocenters. The number of benzene rings is 1. The Hall–Kier alpha value is -1.55. The first-order chi connectivity index (χ1) is 7.63. The molecule has 4 nitrogen and oxygen atoms in total. The summed E-state index contributed by atoms with van der Waals surface area (Å²) >= 11 is 5.99. The summed E-state index contributed by atoms with van der Waals surface area (Å²) in [6.07, 6.45) is 2.76. The molecule has 84 valence electrons. The molecule has 0 aliphatic rings. The van der Waals surface area contributed by atoms with Crippen LogP contribution in [0, 0.1) is 0 Å². The lowest BCUT2D eigenvalue weighted by Gasteiger charge is -2.03. The number of rotatable bonds is 3. The van der Waals surface area contributed by atoms with Crippen LogP contribution in [0.3, 0.4) is 0 Å². The van der Waals surface area contributed by atoms with Gasteiger partial charge in [0, 0.05) is 6.54 Å². The van der Waals surface area contributed by atoms with Gasteiger partial charge in [0.1, 0.15) is 0 Å². The van der Waals surface area contributed by atoms with Gasteiger partial charge in [-0.3, -0.25) is 4.79 Å². The molecule has 0 atom stereocenters. The Morgan fingerprint density at radius 2 is 2.31 bits per heavy atom. The van der Waals surface area contributed by atoms with Crippen LogP contribution >= 0.6 is 11.6 Å². The van der Waals surface area contributed by atoms with E-state index in [4.69, 9.17) is 17.3 Å². The zero-order chi connectivity index (χ0) is 11.7. The molecule has 0 saturated heterocycles. The lowest BCUT2D eigenvalue weighted by molar-refractivity contribution is 0.100. The molecule has 0 radical (unpaired) electrons. The average Bonchev–Trinajstić information content (AvgIpc) is 2.60. The number of aromatic nitrogens is 2. The predicted molar refractivity (Wildman–Crippen MR) is 63.6 cm³/mol. The Kier molecular flexibility index (Phi) is 2.83. The third kappa shape index (κ3) is 1.76. The summed E-state index contributed by atoms with van der Waals surface area (Å²) < 4.78 is 2.01. The van der Waals surface area contributed by atoms with Gasteiger partial charge < -0.3 is 10.3 Å². The van der Waals surface area contributed by atoms with Crippen LogP contribution in [0.25, 0.3) is 11.0 Å². The second-order valence-corrected chi connectivity index (χ2v) is 4.03. The number of hydrogen-bond donors (Lipinski definition) is 1. The topological polar surface area (TPSA) is 60.9 Å². The predicted octanol–water partition coefficient (Wildman–Crippen LogP) is 2.20. The molecule has 1 aromatic heterocycles. The summed E-state index contributed by atoms with van der Waals surface area (Å²) in [5.74, 6) is -0.531. The molecule has 2 rings (SSSR count). The number of amides is 1. The largest absolute Gasteiger partial charge is 0.366 e. The monoisotopic (exact) mass is 237 g/mol. The molecule has 0 fully saturated rings. The van der Waals surface area contributed by atoms with Gasteiger partial charge in [-0.2, -0.15) is 0 Å². The summed E-state index contributed by atoms with van der Waals surface area (Å²) in [7, 11) is 0. The second kappa shape index (κ2) is 4.14. The Morgan fingerprint density at radius 3 is 2.94 bits per heavy atom. The number of nitrogens with zero attached hydrogens (tertiary/aromatic N) is 2. The van der Waals surface area contributed by atoms with E-state index in [1.54, 1.807) is 18.5 Å². The molecule has 0 bridgehead atoms. The molecule has 2 aromatic rings. The van der Waals surface area contributed by atoms with Crippen molar-refractivity contribution in [1.82, 2.24) is 9.55 Å². The van der Waals surface area contributed by atoms with Gasteiger partial charge in [0.15, 0.2) is 0 Å². The maximum Gasteiger partial charge on any atom is 0.250 e. The Bertz CT molecular complexity index is 547. The molecule has 0 spiro atoms. The fourth-order valence-corrected chi connectivity index (χ4v) is 1.94. The van der Waals surface area contributed by atoms with Crippen LogP contribution in [0.2, 0.25) is 5.02 Å². The van der Waals surface area contributed by atoms with E-state index in [-0.39, 0.29) is 0 Å². The highest BCUT2D eigenvalue weighted by Crippen LogP contribution is 2.23. The van der Waals surface area contributed by atoms with Crippen LogP contribution in [-0.4, -0.2) is 15.5 Å². The van der Waals surface area contributed by atoms with Crippen LogP contribution in [0.1, 0.15) is 23.7 Å². The minimum atomic E-state index is -0.531. The van der Waals surface area contributed by atoms with E-state index >= 15 is 0 Å². The smallest absolute Gasteiger partial charge is 0.250 e. The number of halogens is 1. The summed E-state index contributed by atoms with van der Waals surface area (Å²) in [4.78, 5) is 15.3. The molecule has 1 aromatic carbocycles. The standard InChI is InChI=1S/C11H12ClN3O/c1-2-3-15-6-14-9-4-7(11(13)16)8(12)5-10(9)15/h4-6H,2-3H2,1H3,(H2,13,16). The van der Waals surface area contributed by atoms with Gasteiger partial charge in [-0.1, -0.05) is 18.5 Å². The van der Waals surface area contributed by atoms with Crippen molar-refractivity contribution in [3.8, 4) is 0 Å². The van der Waals surface area contributed by atoms with Gasteiger partial charge in [0.25, 0.3) is 0 Å². The normalized spacial score (nSPS) is 10.9. The van der Waals surface area contributed by atoms with Crippen LogP contribution in [0.4, 0.5) is 0 Å². The fraction of sp³-hybridized carbons (Fsp3) is 0.273. The van der Waals surface area contributed by atoms with Crippen LogP contribution in [0.15, 0.2) is 18.5 Å². The minimum absolute atomic E-state index is 0.316. The second-order valence-electron chi connectivity index (χ2n) is 3.62. The first-order valence-electron chi connectivity index (χ1n) is 5.07. The number of fused-ring (bicyclic) bond motifs is 1. The third-order valence-electron chi connectivity index (χ3n) is 2.44. The Labute approximate surface area is 98.0 Å². The average molecular weight is 238 g/mol. The number of hydrogen-bond acceptors (Lipinski definition) is 2. The molecule has 1 amide bonds. The van der Waals surface area contributed by atoms with Gasteiger partial charge in [0.05, 0.1) is 27.9 Å². The number of carbonyl (C=O) groups is 1. The highest BCUT2D eigenvalue weighted by atomic mass is 35.5. The fourth-order valence-electron chi connectivity index (χ4n) is 1.69. The number of primary amides is 1. The van der Waals surface area contributed by atoms with Crippen molar-refractivity contribution in [3.63, 3.8) is 0 Å². The van der Waals surface area contributed by atoms with Crippen LogP contribution in [0.5, 0.6) is 0 Å². The molecule has 16 heavy (non-hydrogen) atoms. The molecule has 0 aliphatic heterocycles. The van der Waals surface area contributed by atoms with E-state index in [0.717, 1.165) is 24.0 Å². The van der Waals surface area contributed by atoms with Crippen LogP contribution in [-0.2, 0) is 6.54 Å². The first kappa shape index (κ1) is 11.0. The summed E-state index contributed by atoms with van der Waals surface area (Å²) in [5, 5.41) is 0.373. The number of imidazole rings is 1. The van der Waals surface area contributed by atoms with Crippen molar-refractivity contribution in [1.29, 1.82) is 0 Å². The number of carbonyl (C=O) groups excluding carboxylic acids is 1. The Morgan fingerprint density at radius 1 is 1.56 bits per heavy atom. The molecule has 1 heterocycles. The lowest BCUT2D eigenvalue weighted by atomic mass is 10.2. The maximum atomic E-state index is 11.1. The van der Waals surface area contributed by atoms with Gasteiger partial charge >= 0.3 is 0 Å². The SMILES string of the molecule is CCCn1cnc2cc(C(N)=O)c(Cl)cc21. The third-order valence-corrected chi connectivity index (χ3v) is 2.75. The molecule has 0 aliphatic carbocycles. The minimum Gasteiger partial charge on any atom is -0.366 e. The lowest BCUT2D eigenvalue weighted by Crippen LogP contribution is -2.11. The van der Waals surface area contributed by atoms with Gasteiger partial charge in [-0.05, 0) is 18.6 Å². The molecule has 0 saturated carbocycles. The zero-order valence-corrected chi connectivity index (χ0v) is 9.66. The van der Waals surface area contributed by atoms with E-state index in [1.165, 1.54) is 0 Å². The van der Waals surface area contributed by atoms with Gasteiger partial charge in [0.2, 0.25) is 5.91 Å². The van der Waals surface area contributed by atoms with E-state index in [0.29, 0.717) is 10.6 Å². The van der Waals surface area contributed by atoms with Crippen molar-refractivity contribution >= 4 is 28.5 Å². The van der Waals surface area contributed by atoms with Gasteiger partial charge in [-0.15, -0.1) is 0 Å². The van der Waals surface area contributed by atoms with Gasteiger partial charge in [-0.25, -0.2) is 4.98 Å². The van der Waals surface area contributed by atoms with Crippen molar-refractivity contribution < 1.29 is 4.79 Å². The Balaban J connectivity index is 2.61. The van der Waals surface area contributed by atoms with Crippen molar-refractivity contribution in [2.24, 2.45) is 5.73 Å². The molecule has 5 heteroatoms. The highest BCUT2D eigenvalue weighted by Gasteiger charge is 2.11. The summed E-state index contributed by atoms with van der Waals surface area (Å²) in [5.41, 5.74) is 7.20. The van der Waals surface area contributed by atoms with Crippen molar-refractivity contribution in [2.45, 2.75) is 19.9 Å².